The van der Waals surface area contributed by atoms with E-state index < -0.39 is 15.6 Å². The molecule has 0 aliphatic heterocycles. The van der Waals surface area contributed by atoms with Crippen LogP contribution in [0.3, 0.4) is 0 Å². The van der Waals surface area contributed by atoms with Crippen molar-refractivity contribution in [3.63, 3.8) is 0 Å². The first-order chi connectivity index (χ1) is 14.6. The van der Waals surface area contributed by atoms with Crippen LogP contribution in [-0.4, -0.2) is 33.1 Å². The standard InChI is InChI=1S/C23H30N2O5S/c1-23(2,3)25-31(27,28)19-12-9-16(10-13-19)22(26)24-17-11-14-20(29-4)21(15-17)30-18-7-5-6-8-18/h9-15,18,25H,5-8H2,1-4H3,(H,24,26). The SMILES string of the molecule is COc1ccc(NC(=O)c2ccc(S(=O)(=O)NC(C)(C)C)cc2)cc1OC1CCCC1. The van der Waals surface area contributed by atoms with Gasteiger partial charge in [0, 0.05) is 22.9 Å². The summed E-state index contributed by atoms with van der Waals surface area (Å²) in [5, 5.41) is 2.83. The number of carbonyl (C=O) groups excluding carboxylic acids is 1. The fraction of sp³-hybridized carbons (Fsp3) is 0.435. The molecule has 1 aliphatic carbocycles. The van der Waals surface area contributed by atoms with Crippen LogP contribution in [0.25, 0.3) is 0 Å². The van der Waals surface area contributed by atoms with Gasteiger partial charge in [0.15, 0.2) is 11.5 Å². The topological polar surface area (TPSA) is 93.7 Å². The lowest BCUT2D eigenvalue weighted by Crippen LogP contribution is -2.40. The van der Waals surface area contributed by atoms with E-state index in [1.165, 1.54) is 24.3 Å². The first-order valence-corrected chi connectivity index (χ1v) is 11.9. The van der Waals surface area contributed by atoms with E-state index in [0.717, 1.165) is 25.7 Å². The number of rotatable bonds is 7. The van der Waals surface area contributed by atoms with Crippen LogP contribution in [0.5, 0.6) is 11.5 Å². The van der Waals surface area contributed by atoms with Gasteiger partial charge in [-0.2, -0.15) is 0 Å². The fourth-order valence-electron chi connectivity index (χ4n) is 3.48. The molecule has 7 nitrogen and oxygen atoms in total. The second kappa shape index (κ2) is 9.28. The van der Waals surface area contributed by atoms with Crippen LogP contribution < -0.4 is 19.5 Å². The summed E-state index contributed by atoms with van der Waals surface area (Å²) in [4.78, 5) is 12.8. The Labute approximate surface area is 184 Å². The third-order valence-electron chi connectivity index (χ3n) is 4.88. The first kappa shape index (κ1) is 23.1. The van der Waals surface area contributed by atoms with Crippen molar-refractivity contribution < 1.29 is 22.7 Å². The van der Waals surface area contributed by atoms with Gasteiger partial charge in [-0.25, -0.2) is 13.1 Å². The van der Waals surface area contributed by atoms with Crippen LogP contribution in [0.2, 0.25) is 0 Å². The molecule has 1 fully saturated rings. The van der Waals surface area contributed by atoms with Gasteiger partial charge in [0.25, 0.3) is 5.91 Å². The van der Waals surface area contributed by atoms with Crippen molar-refractivity contribution in [1.29, 1.82) is 0 Å². The third kappa shape index (κ3) is 6.21. The Morgan fingerprint density at radius 1 is 1.00 bits per heavy atom. The first-order valence-electron chi connectivity index (χ1n) is 10.4. The third-order valence-corrected chi connectivity index (χ3v) is 6.66. The molecule has 0 heterocycles. The fourth-order valence-corrected chi connectivity index (χ4v) is 4.90. The highest BCUT2D eigenvalue weighted by Gasteiger charge is 2.22. The van der Waals surface area contributed by atoms with E-state index in [-0.39, 0.29) is 16.9 Å². The summed E-state index contributed by atoms with van der Waals surface area (Å²) in [5.41, 5.74) is 0.329. The second-order valence-electron chi connectivity index (χ2n) is 8.72. The van der Waals surface area contributed by atoms with Crippen molar-refractivity contribution in [2.45, 2.75) is 63.0 Å². The molecule has 8 heteroatoms. The molecule has 168 valence electrons. The summed E-state index contributed by atoms with van der Waals surface area (Å²) in [6.07, 6.45) is 4.50. The lowest BCUT2D eigenvalue weighted by Gasteiger charge is -2.20. The van der Waals surface area contributed by atoms with Gasteiger partial charge >= 0.3 is 0 Å². The molecule has 0 saturated heterocycles. The maximum Gasteiger partial charge on any atom is 0.255 e. The quantitative estimate of drug-likeness (QED) is 0.660. The van der Waals surface area contributed by atoms with Crippen LogP contribution in [0.1, 0.15) is 56.8 Å². The molecule has 3 rings (SSSR count). The number of anilines is 1. The van der Waals surface area contributed by atoms with Gasteiger partial charge < -0.3 is 14.8 Å². The zero-order valence-corrected chi connectivity index (χ0v) is 19.2. The van der Waals surface area contributed by atoms with Crippen molar-refractivity contribution in [1.82, 2.24) is 4.72 Å². The number of hydrogen-bond donors (Lipinski definition) is 2. The highest BCUT2D eigenvalue weighted by Crippen LogP contribution is 2.34. The number of amides is 1. The Hall–Kier alpha value is -2.58. The minimum Gasteiger partial charge on any atom is -0.493 e. The molecule has 2 aromatic rings. The molecule has 1 saturated carbocycles. The summed E-state index contributed by atoms with van der Waals surface area (Å²) in [6, 6.07) is 11.1. The number of sulfonamides is 1. The predicted octanol–water partition coefficient (Wildman–Crippen LogP) is 4.35. The minimum absolute atomic E-state index is 0.107. The van der Waals surface area contributed by atoms with Gasteiger partial charge in [-0.05, 0) is 82.9 Å². The monoisotopic (exact) mass is 446 g/mol. The maximum atomic E-state index is 12.7. The second-order valence-corrected chi connectivity index (χ2v) is 10.4. The zero-order valence-electron chi connectivity index (χ0n) is 18.4. The van der Waals surface area contributed by atoms with Crippen molar-refractivity contribution in [3.05, 3.63) is 48.0 Å². The summed E-state index contributed by atoms with van der Waals surface area (Å²) in [7, 11) is -2.07. The van der Waals surface area contributed by atoms with Crippen LogP contribution >= 0.6 is 0 Å². The van der Waals surface area contributed by atoms with E-state index in [1.54, 1.807) is 46.1 Å². The molecule has 2 N–H and O–H groups in total. The van der Waals surface area contributed by atoms with Gasteiger partial charge in [-0.15, -0.1) is 0 Å². The smallest absolute Gasteiger partial charge is 0.255 e. The number of nitrogens with one attached hydrogen (secondary N) is 2. The lowest BCUT2D eigenvalue weighted by atomic mass is 10.1. The Kier molecular flexibility index (Phi) is 6.91. The van der Waals surface area contributed by atoms with Gasteiger partial charge in [0.1, 0.15) is 0 Å². The van der Waals surface area contributed by atoms with Crippen LogP contribution in [0.15, 0.2) is 47.4 Å². The number of ether oxygens (including phenoxy) is 2. The Morgan fingerprint density at radius 2 is 1.65 bits per heavy atom. The molecular formula is C23H30N2O5S. The summed E-state index contributed by atoms with van der Waals surface area (Å²) >= 11 is 0. The normalized spacial score (nSPS) is 15.0. The molecule has 0 atom stereocenters. The lowest BCUT2D eigenvalue weighted by molar-refractivity contribution is 0.102. The molecule has 2 aromatic carbocycles. The number of benzene rings is 2. The zero-order chi connectivity index (χ0) is 22.6. The van der Waals surface area contributed by atoms with Gasteiger partial charge in [-0.1, -0.05) is 0 Å². The van der Waals surface area contributed by atoms with E-state index in [9.17, 15) is 13.2 Å². The molecule has 1 aliphatic rings. The highest BCUT2D eigenvalue weighted by molar-refractivity contribution is 7.89. The Balaban J connectivity index is 1.72. The molecule has 31 heavy (non-hydrogen) atoms. The molecule has 0 unspecified atom stereocenters. The molecule has 0 bridgehead atoms. The van der Waals surface area contributed by atoms with E-state index in [1.807, 2.05) is 0 Å². The van der Waals surface area contributed by atoms with E-state index in [4.69, 9.17) is 9.47 Å². The molecule has 0 radical (unpaired) electrons. The number of hydrogen-bond acceptors (Lipinski definition) is 5. The largest absolute Gasteiger partial charge is 0.493 e. The molecule has 0 aromatic heterocycles. The van der Waals surface area contributed by atoms with Crippen molar-refractivity contribution >= 4 is 21.6 Å². The maximum absolute atomic E-state index is 12.7. The number of methoxy groups -OCH3 is 1. The molecular weight excluding hydrogens is 416 g/mol. The number of carbonyl (C=O) groups is 1. The average molecular weight is 447 g/mol. The van der Waals surface area contributed by atoms with Gasteiger partial charge in [-0.3, -0.25) is 4.79 Å². The minimum atomic E-state index is -3.66. The van der Waals surface area contributed by atoms with E-state index >= 15 is 0 Å². The van der Waals surface area contributed by atoms with Crippen LogP contribution in [0, 0.1) is 0 Å². The summed E-state index contributed by atoms with van der Waals surface area (Å²) in [6.45, 7) is 5.31. The Morgan fingerprint density at radius 3 is 2.23 bits per heavy atom. The van der Waals surface area contributed by atoms with Gasteiger partial charge in [0.2, 0.25) is 10.0 Å². The van der Waals surface area contributed by atoms with Crippen molar-refractivity contribution in [3.8, 4) is 11.5 Å². The predicted molar refractivity (Wildman–Crippen MR) is 120 cm³/mol. The highest BCUT2D eigenvalue weighted by atomic mass is 32.2. The summed E-state index contributed by atoms with van der Waals surface area (Å²) < 4.78 is 38.9. The average Bonchev–Trinajstić information content (AvgIpc) is 3.19. The molecule has 1 amide bonds. The summed E-state index contributed by atoms with van der Waals surface area (Å²) in [5.74, 6) is 0.873. The van der Waals surface area contributed by atoms with E-state index in [2.05, 4.69) is 10.0 Å². The van der Waals surface area contributed by atoms with Gasteiger partial charge in [0.05, 0.1) is 18.1 Å². The van der Waals surface area contributed by atoms with Crippen LogP contribution in [0.4, 0.5) is 5.69 Å². The van der Waals surface area contributed by atoms with E-state index in [0.29, 0.717) is 22.7 Å². The Bertz CT molecular complexity index is 1020. The van der Waals surface area contributed by atoms with Crippen molar-refractivity contribution in [2.24, 2.45) is 0 Å². The molecule has 0 spiro atoms. The van der Waals surface area contributed by atoms with Crippen LogP contribution in [-0.2, 0) is 10.0 Å². The van der Waals surface area contributed by atoms with Crippen molar-refractivity contribution in [2.75, 3.05) is 12.4 Å².